The van der Waals surface area contributed by atoms with Crippen LogP contribution in [0.2, 0.25) is 0 Å². The van der Waals surface area contributed by atoms with Crippen molar-refractivity contribution in [2.75, 3.05) is 6.54 Å². The molecule has 2 rings (SSSR count). The summed E-state index contributed by atoms with van der Waals surface area (Å²) in [4.78, 5) is 4.16. The van der Waals surface area contributed by atoms with E-state index in [9.17, 15) is 0 Å². The zero-order chi connectivity index (χ0) is 10.8. The summed E-state index contributed by atoms with van der Waals surface area (Å²) in [7, 11) is 0. The number of rotatable bonds is 3. The lowest BCUT2D eigenvalue weighted by Gasteiger charge is -2.07. The highest BCUT2D eigenvalue weighted by molar-refractivity contribution is 5.46. The number of hydrogen-bond donors (Lipinski definition) is 1. The summed E-state index contributed by atoms with van der Waals surface area (Å²) in [5.74, 6) is 1.28. The van der Waals surface area contributed by atoms with Gasteiger partial charge in [0.1, 0.15) is 5.82 Å². The minimum absolute atomic E-state index is 0.485. The van der Waals surface area contributed by atoms with Crippen molar-refractivity contribution >= 4 is 5.52 Å². The second-order valence-corrected chi connectivity index (χ2v) is 4.01. The average Bonchev–Trinajstić information content (AvgIpc) is 2.61. The van der Waals surface area contributed by atoms with Crippen molar-refractivity contribution in [1.82, 2.24) is 14.6 Å². The van der Waals surface area contributed by atoms with Gasteiger partial charge in [-0.25, -0.2) is 9.50 Å². The fraction of sp³-hybridized carbons (Fsp3) is 0.455. The van der Waals surface area contributed by atoms with Crippen LogP contribution >= 0.6 is 0 Å². The van der Waals surface area contributed by atoms with Crippen LogP contribution in [-0.4, -0.2) is 21.1 Å². The summed E-state index contributed by atoms with van der Waals surface area (Å²) in [5, 5.41) is 4.39. The van der Waals surface area contributed by atoms with Gasteiger partial charge in [0.15, 0.2) is 0 Å². The Balaban J connectivity index is 2.39. The zero-order valence-electron chi connectivity index (χ0n) is 9.14. The van der Waals surface area contributed by atoms with Crippen LogP contribution in [0, 0.1) is 12.8 Å². The summed E-state index contributed by atoms with van der Waals surface area (Å²) in [6, 6.07) is 4.13. The normalized spacial score (nSPS) is 13.3. The van der Waals surface area contributed by atoms with Crippen molar-refractivity contribution in [2.24, 2.45) is 11.7 Å². The summed E-state index contributed by atoms with van der Waals surface area (Å²) in [6.45, 7) is 4.75. The van der Waals surface area contributed by atoms with Gasteiger partial charge < -0.3 is 5.73 Å². The number of aromatic nitrogens is 3. The molecule has 4 nitrogen and oxygen atoms in total. The molecule has 0 saturated carbocycles. The maximum atomic E-state index is 5.62. The van der Waals surface area contributed by atoms with E-state index in [0.29, 0.717) is 12.5 Å². The van der Waals surface area contributed by atoms with Crippen LogP contribution < -0.4 is 5.73 Å². The molecule has 0 aliphatic heterocycles. The standard InChI is InChI=1S/C11H16N4/c1-8(6-12)5-10-3-4-11-7-13-9(2)14-15(10)11/h3-4,7-8H,5-6,12H2,1-2H3. The van der Waals surface area contributed by atoms with E-state index in [1.54, 1.807) is 0 Å². The quantitative estimate of drug-likeness (QED) is 0.816. The lowest BCUT2D eigenvalue weighted by atomic mass is 10.1. The van der Waals surface area contributed by atoms with Crippen molar-refractivity contribution in [1.29, 1.82) is 0 Å². The molecule has 0 radical (unpaired) electrons. The first kappa shape index (κ1) is 10.1. The second-order valence-electron chi connectivity index (χ2n) is 4.01. The Morgan fingerprint density at radius 3 is 3.00 bits per heavy atom. The van der Waals surface area contributed by atoms with Crippen molar-refractivity contribution in [3.63, 3.8) is 0 Å². The molecule has 0 aliphatic rings. The lowest BCUT2D eigenvalue weighted by molar-refractivity contribution is 0.574. The molecule has 0 bridgehead atoms. The Bertz CT molecular complexity index is 461. The third-order valence-electron chi connectivity index (χ3n) is 2.55. The number of nitrogens with two attached hydrogens (primary N) is 1. The highest BCUT2D eigenvalue weighted by Gasteiger charge is 2.07. The first-order valence-electron chi connectivity index (χ1n) is 5.21. The van der Waals surface area contributed by atoms with Gasteiger partial charge in [0.2, 0.25) is 0 Å². The van der Waals surface area contributed by atoms with Gasteiger partial charge in [0, 0.05) is 5.69 Å². The molecule has 4 heteroatoms. The smallest absolute Gasteiger partial charge is 0.146 e. The summed E-state index contributed by atoms with van der Waals surface area (Å²) >= 11 is 0. The Morgan fingerprint density at radius 2 is 2.27 bits per heavy atom. The minimum atomic E-state index is 0.485. The molecule has 0 aromatic carbocycles. The summed E-state index contributed by atoms with van der Waals surface area (Å²) in [5.41, 5.74) is 7.86. The Kier molecular flexibility index (Phi) is 2.68. The van der Waals surface area contributed by atoms with Crippen LogP contribution in [0.15, 0.2) is 18.3 Å². The van der Waals surface area contributed by atoms with E-state index in [0.717, 1.165) is 17.8 Å². The molecule has 0 amide bonds. The maximum Gasteiger partial charge on any atom is 0.146 e. The molecule has 0 saturated heterocycles. The van der Waals surface area contributed by atoms with Crippen molar-refractivity contribution < 1.29 is 0 Å². The average molecular weight is 204 g/mol. The van der Waals surface area contributed by atoms with Crippen LogP contribution in [0.4, 0.5) is 0 Å². The van der Waals surface area contributed by atoms with E-state index in [1.165, 1.54) is 5.69 Å². The fourth-order valence-electron chi connectivity index (χ4n) is 1.63. The molecule has 15 heavy (non-hydrogen) atoms. The highest BCUT2D eigenvalue weighted by atomic mass is 15.2. The largest absolute Gasteiger partial charge is 0.330 e. The number of fused-ring (bicyclic) bond motifs is 1. The number of aryl methyl sites for hydroxylation is 1. The van der Waals surface area contributed by atoms with Gasteiger partial charge in [-0.2, -0.15) is 5.10 Å². The molecule has 1 atom stereocenters. The van der Waals surface area contributed by atoms with Crippen molar-refractivity contribution in [3.05, 3.63) is 29.8 Å². The Morgan fingerprint density at radius 1 is 1.47 bits per heavy atom. The van der Waals surface area contributed by atoms with Gasteiger partial charge in [-0.15, -0.1) is 0 Å². The van der Waals surface area contributed by atoms with Crippen LogP contribution in [-0.2, 0) is 6.42 Å². The van der Waals surface area contributed by atoms with Gasteiger partial charge in [0.25, 0.3) is 0 Å². The molecule has 2 heterocycles. The molecular weight excluding hydrogens is 188 g/mol. The third-order valence-corrected chi connectivity index (χ3v) is 2.55. The molecule has 2 N–H and O–H groups in total. The fourth-order valence-corrected chi connectivity index (χ4v) is 1.63. The monoisotopic (exact) mass is 204 g/mol. The first-order chi connectivity index (χ1) is 7.20. The lowest BCUT2D eigenvalue weighted by Crippen LogP contribution is -2.14. The summed E-state index contributed by atoms with van der Waals surface area (Å²) in [6.07, 6.45) is 2.81. The molecule has 0 fully saturated rings. The predicted molar refractivity (Wildman–Crippen MR) is 59.6 cm³/mol. The van der Waals surface area contributed by atoms with Gasteiger partial charge >= 0.3 is 0 Å². The SMILES string of the molecule is Cc1ncc2ccc(CC(C)CN)n2n1. The van der Waals surface area contributed by atoms with Crippen LogP contribution in [0.5, 0.6) is 0 Å². The van der Waals surface area contributed by atoms with Gasteiger partial charge in [-0.05, 0) is 37.9 Å². The van der Waals surface area contributed by atoms with E-state index in [4.69, 9.17) is 5.73 Å². The van der Waals surface area contributed by atoms with Gasteiger partial charge in [-0.1, -0.05) is 6.92 Å². The molecule has 2 aromatic heterocycles. The Hall–Kier alpha value is -1.42. The third kappa shape index (κ3) is 1.99. The topological polar surface area (TPSA) is 56.2 Å². The van der Waals surface area contributed by atoms with Crippen LogP contribution in [0.3, 0.4) is 0 Å². The van der Waals surface area contributed by atoms with Gasteiger partial charge in [-0.3, -0.25) is 0 Å². The highest BCUT2D eigenvalue weighted by Crippen LogP contribution is 2.11. The minimum Gasteiger partial charge on any atom is -0.330 e. The maximum absolute atomic E-state index is 5.62. The van der Waals surface area contributed by atoms with Crippen molar-refractivity contribution in [2.45, 2.75) is 20.3 Å². The predicted octanol–water partition coefficient (Wildman–Crippen LogP) is 1.18. The van der Waals surface area contributed by atoms with E-state index < -0.39 is 0 Å². The van der Waals surface area contributed by atoms with E-state index in [-0.39, 0.29) is 0 Å². The number of hydrogen-bond acceptors (Lipinski definition) is 3. The molecular formula is C11H16N4. The zero-order valence-corrected chi connectivity index (χ0v) is 9.14. The van der Waals surface area contributed by atoms with Crippen LogP contribution in [0.1, 0.15) is 18.4 Å². The first-order valence-corrected chi connectivity index (χ1v) is 5.21. The van der Waals surface area contributed by atoms with E-state index in [2.05, 4.69) is 23.1 Å². The Labute approximate surface area is 89.1 Å². The molecule has 2 aromatic rings. The van der Waals surface area contributed by atoms with Crippen LogP contribution in [0.25, 0.3) is 5.52 Å². The molecule has 80 valence electrons. The molecule has 1 unspecified atom stereocenters. The summed E-state index contributed by atoms with van der Waals surface area (Å²) < 4.78 is 1.95. The second kappa shape index (κ2) is 3.98. The molecule has 0 aliphatic carbocycles. The van der Waals surface area contributed by atoms with Crippen molar-refractivity contribution in [3.8, 4) is 0 Å². The number of nitrogens with zero attached hydrogens (tertiary/aromatic N) is 3. The van der Waals surface area contributed by atoms with Gasteiger partial charge in [0.05, 0.1) is 11.7 Å². The van der Waals surface area contributed by atoms with E-state index in [1.807, 2.05) is 23.7 Å². The van der Waals surface area contributed by atoms with E-state index >= 15 is 0 Å². The molecule has 0 spiro atoms.